The van der Waals surface area contributed by atoms with Crippen LogP contribution in [0.4, 0.5) is 5.13 Å². The summed E-state index contributed by atoms with van der Waals surface area (Å²) in [6, 6.07) is 0.163. The summed E-state index contributed by atoms with van der Waals surface area (Å²) >= 11 is 1.36. The number of aromatic nitrogens is 2. The average molecular weight is 213 g/mol. The molecule has 5 heteroatoms. The van der Waals surface area contributed by atoms with Crippen LogP contribution in [0, 0.1) is 6.92 Å². The Labute approximate surface area is 87.5 Å². The number of aliphatic hydroxyl groups excluding tert-OH is 1. The molecule has 1 saturated carbocycles. The second-order valence-electron chi connectivity index (χ2n) is 3.75. The topological polar surface area (TPSA) is 58.0 Å². The van der Waals surface area contributed by atoms with Gasteiger partial charge in [0.2, 0.25) is 5.13 Å². The van der Waals surface area contributed by atoms with E-state index in [2.05, 4.69) is 14.7 Å². The third-order valence-electron chi connectivity index (χ3n) is 2.57. The Morgan fingerprint density at radius 1 is 1.43 bits per heavy atom. The average Bonchev–Trinajstić information content (AvgIpc) is 2.56. The summed E-state index contributed by atoms with van der Waals surface area (Å²) in [5.74, 6) is 0.794. The van der Waals surface area contributed by atoms with Gasteiger partial charge in [-0.1, -0.05) is 12.8 Å². The standard InChI is InChI=1S/C9H15N3OS/c1-6-10-9(14-12-6)11-7-4-2-3-5-8(7)13/h7-8,13H,2-5H2,1H3,(H,10,11,12)/t7-,8-/m0/s1. The van der Waals surface area contributed by atoms with Crippen molar-refractivity contribution < 1.29 is 5.11 Å². The van der Waals surface area contributed by atoms with Crippen molar-refractivity contribution in [3.8, 4) is 0 Å². The van der Waals surface area contributed by atoms with Gasteiger partial charge in [-0.3, -0.25) is 0 Å². The van der Waals surface area contributed by atoms with E-state index in [1.165, 1.54) is 18.0 Å². The molecule has 4 nitrogen and oxygen atoms in total. The van der Waals surface area contributed by atoms with Crippen molar-refractivity contribution >= 4 is 16.7 Å². The van der Waals surface area contributed by atoms with Crippen LogP contribution >= 0.6 is 11.5 Å². The normalized spacial score (nSPS) is 27.6. The molecule has 1 aromatic rings. The molecular weight excluding hydrogens is 198 g/mol. The smallest absolute Gasteiger partial charge is 0.202 e. The highest BCUT2D eigenvalue weighted by atomic mass is 32.1. The van der Waals surface area contributed by atoms with E-state index in [-0.39, 0.29) is 12.1 Å². The van der Waals surface area contributed by atoms with Crippen LogP contribution in [0.15, 0.2) is 0 Å². The van der Waals surface area contributed by atoms with E-state index in [0.29, 0.717) is 0 Å². The summed E-state index contributed by atoms with van der Waals surface area (Å²) in [6.45, 7) is 1.87. The van der Waals surface area contributed by atoms with Gasteiger partial charge in [-0.05, 0) is 19.8 Å². The Morgan fingerprint density at radius 3 is 2.86 bits per heavy atom. The number of hydrogen-bond acceptors (Lipinski definition) is 5. The summed E-state index contributed by atoms with van der Waals surface area (Å²) < 4.78 is 4.09. The molecule has 1 aliphatic rings. The van der Waals surface area contributed by atoms with E-state index in [0.717, 1.165) is 30.2 Å². The van der Waals surface area contributed by atoms with Crippen LogP contribution in [-0.4, -0.2) is 26.6 Å². The van der Waals surface area contributed by atoms with Crippen molar-refractivity contribution in [2.24, 2.45) is 0 Å². The Hall–Kier alpha value is -0.680. The number of rotatable bonds is 2. The van der Waals surface area contributed by atoms with Gasteiger partial charge in [0.1, 0.15) is 5.82 Å². The van der Waals surface area contributed by atoms with Crippen molar-refractivity contribution in [1.29, 1.82) is 0 Å². The molecule has 0 amide bonds. The fourth-order valence-corrected chi connectivity index (χ4v) is 2.43. The zero-order chi connectivity index (χ0) is 9.97. The van der Waals surface area contributed by atoms with Gasteiger partial charge in [0, 0.05) is 11.5 Å². The molecule has 2 N–H and O–H groups in total. The van der Waals surface area contributed by atoms with Gasteiger partial charge in [0.15, 0.2) is 0 Å². The molecular formula is C9H15N3OS. The minimum Gasteiger partial charge on any atom is -0.391 e. The number of hydrogen-bond donors (Lipinski definition) is 2. The van der Waals surface area contributed by atoms with Crippen LogP contribution < -0.4 is 5.32 Å². The van der Waals surface area contributed by atoms with E-state index in [1.807, 2.05) is 6.92 Å². The molecule has 14 heavy (non-hydrogen) atoms. The molecule has 0 spiro atoms. The van der Waals surface area contributed by atoms with Gasteiger partial charge < -0.3 is 10.4 Å². The molecule has 0 bridgehead atoms. The lowest BCUT2D eigenvalue weighted by Gasteiger charge is -2.27. The quantitative estimate of drug-likeness (QED) is 0.782. The van der Waals surface area contributed by atoms with Crippen LogP contribution in [0.3, 0.4) is 0 Å². The maximum Gasteiger partial charge on any atom is 0.202 e. The third-order valence-corrected chi connectivity index (χ3v) is 3.30. The molecule has 1 aromatic heterocycles. The van der Waals surface area contributed by atoms with Gasteiger partial charge in [-0.15, -0.1) is 0 Å². The molecule has 1 heterocycles. The van der Waals surface area contributed by atoms with E-state index in [1.54, 1.807) is 0 Å². The van der Waals surface area contributed by atoms with Crippen LogP contribution in [-0.2, 0) is 0 Å². The predicted octanol–water partition coefficient (Wildman–Crippen LogP) is 1.56. The summed E-state index contributed by atoms with van der Waals surface area (Å²) in [7, 11) is 0. The number of nitrogens with zero attached hydrogens (tertiary/aromatic N) is 2. The van der Waals surface area contributed by atoms with Crippen LogP contribution in [0.1, 0.15) is 31.5 Å². The van der Waals surface area contributed by atoms with Crippen molar-refractivity contribution in [2.45, 2.75) is 44.8 Å². The molecule has 78 valence electrons. The van der Waals surface area contributed by atoms with Gasteiger partial charge in [-0.25, -0.2) is 4.98 Å². The first-order chi connectivity index (χ1) is 6.75. The molecule has 2 atom stereocenters. The minimum absolute atomic E-state index is 0.163. The second-order valence-corrected chi connectivity index (χ2v) is 4.50. The monoisotopic (exact) mass is 213 g/mol. The van der Waals surface area contributed by atoms with Gasteiger partial charge >= 0.3 is 0 Å². The first kappa shape index (κ1) is 9.86. The lowest BCUT2D eigenvalue weighted by atomic mass is 9.93. The molecule has 2 rings (SSSR count). The summed E-state index contributed by atoms with van der Waals surface area (Å²) in [5.41, 5.74) is 0. The largest absolute Gasteiger partial charge is 0.391 e. The van der Waals surface area contributed by atoms with Crippen molar-refractivity contribution in [3.63, 3.8) is 0 Å². The molecule has 0 aliphatic heterocycles. The first-order valence-electron chi connectivity index (χ1n) is 5.00. The Bertz CT molecular complexity index is 302. The summed E-state index contributed by atoms with van der Waals surface area (Å²) in [6.07, 6.45) is 4.02. The van der Waals surface area contributed by atoms with E-state index in [9.17, 15) is 5.11 Å². The summed E-state index contributed by atoms with van der Waals surface area (Å²) in [5, 5.41) is 13.8. The highest BCUT2D eigenvalue weighted by Crippen LogP contribution is 2.22. The number of aliphatic hydroxyl groups is 1. The highest BCUT2D eigenvalue weighted by molar-refractivity contribution is 7.09. The highest BCUT2D eigenvalue weighted by Gasteiger charge is 2.23. The van der Waals surface area contributed by atoms with E-state index >= 15 is 0 Å². The maximum atomic E-state index is 9.73. The number of nitrogens with one attached hydrogen (secondary N) is 1. The van der Waals surface area contributed by atoms with Crippen LogP contribution in [0.2, 0.25) is 0 Å². The summed E-state index contributed by atoms with van der Waals surface area (Å²) in [4.78, 5) is 4.22. The Balaban J connectivity index is 1.95. The fraction of sp³-hybridized carbons (Fsp3) is 0.778. The lowest BCUT2D eigenvalue weighted by molar-refractivity contribution is 0.116. The second kappa shape index (κ2) is 4.23. The first-order valence-corrected chi connectivity index (χ1v) is 5.78. The molecule has 0 unspecified atom stereocenters. The molecule has 1 aliphatic carbocycles. The molecule has 0 saturated heterocycles. The zero-order valence-electron chi connectivity index (χ0n) is 8.23. The Kier molecular flexibility index (Phi) is 2.98. The third kappa shape index (κ3) is 2.22. The van der Waals surface area contributed by atoms with E-state index in [4.69, 9.17) is 0 Å². The van der Waals surface area contributed by atoms with Gasteiger partial charge in [0.25, 0.3) is 0 Å². The van der Waals surface area contributed by atoms with Gasteiger partial charge in [-0.2, -0.15) is 4.37 Å². The molecule has 0 aromatic carbocycles. The molecule has 0 radical (unpaired) electrons. The minimum atomic E-state index is -0.229. The Morgan fingerprint density at radius 2 is 2.21 bits per heavy atom. The van der Waals surface area contributed by atoms with Crippen molar-refractivity contribution in [1.82, 2.24) is 9.36 Å². The van der Waals surface area contributed by atoms with Crippen molar-refractivity contribution in [2.75, 3.05) is 5.32 Å². The predicted molar refractivity (Wildman–Crippen MR) is 56.5 cm³/mol. The zero-order valence-corrected chi connectivity index (χ0v) is 9.05. The number of aryl methyl sites for hydroxylation is 1. The van der Waals surface area contributed by atoms with Gasteiger partial charge in [0.05, 0.1) is 12.1 Å². The van der Waals surface area contributed by atoms with E-state index < -0.39 is 0 Å². The maximum absolute atomic E-state index is 9.73. The van der Waals surface area contributed by atoms with Crippen molar-refractivity contribution in [3.05, 3.63) is 5.82 Å². The van der Waals surface area contributed by atoms with Crippen LogP contribution in [0.25, 0.3) is 0 Å². The fourth-order valence-electron chi connectivity index (χ4n) is 1.79. The lowest BCUT2D eigenvalue weighted by Crippen LogP contribution is -2.36. The van der Waals surface area contributed by atoms with Crippen LogP contribution in [0.5, 0.6) is 0 Å². The molecule has 1 fully saturated rings. The SMILES string of the molecule is Cc1nsc(N[C@H]2CCCC[C@@H]2O)n1. The number of anilines is 1.